The molecule has 0 aromatic heterocycles. The Morgan fingerprint density at radius 2 is 1.33 bits per heavy atom. The van der Waals surface area contributed by atoms with E-state index in [4.69, 9.17) is 28.4 Å². The molecule has 7 fully saturated rings. The third-order valence-electron chi connectivity index (χ3n) is 19.2. The molecular weight excluding hydrogens is 865 g/mol. The topological polar surface area (TPSA) is 292 Å². The smallest absolute Gasteiger partial charge is 0.335 e. The Kier molecular flexibility index (Phi) is 13.2. The van der Waals surface area contributed by atoms with E-state index in [2.05, 4.69) is 54.5 Å². The van der Waals surface area contributed by atoms with E-state index in [-0.39, 0.29) is 39.8 Å². The lowest BCUT2D eigenvalue weighted by Crippen LogP contribution is -2.68. The number of ketones is 1. The summed E-state index contributed by atoms with van der Waals surface area (Å²) in [6.07, 6.45) is -19.4. The fraction of sp³-hybridized carbons (Fsp3) is 0.917. The lowest BCUT2D eigenvalue weighted by Gasteiger charge is -2.71. The van der Waals surface area contributed by atoms with Crippen LogP contribution in [0.5, 0.6) is 0 Å². The summed E-state index contributed by atoms with van der Waals surface area (Å²) in [7, 11) is 0. The second-order valence-corrected chi connectivity index (χ2v) is 23.6. The van der Waals surface area contributed by atoms with Gasteiger partial charge in [-0.2, -0.15) is 0 Å². The van der Waals surface area contributed by atoms with Crippen molar-refractivity contribution in [2.24, 2.45) is 50.2 Å². The van der Waals surface area contributed by atoms with Gasteiger partial charge in [-0.15, -0.1) is 0 Å². The molecule has 3 saturated heterocycles. The van der Waals surface area contributed by atoms with Crippen LogP contribution in [0, 0.1) is 50.2 Å². The molecule has 0 bridgehead atoms. The fourth-order valence-electron chi connectivity index (χ4n) is 14.9. The van der Waals surface area contributed by atoms with Gasteiger partial charge < -0.3 is 79.5 Å². The average Bonchev–Trinajstić information content (AvgIpc) is 3.23. The van der Waals surface area contributed by atoms with Crippen molar-refractivity contribution in [3.63, 3.8) is 0 Å². The molecule has 10 N–H and O–H groups in total. The largest absolute Gasteiger partial charge is 0.479 e. The predicted octanol–water partition coefficient (Wildman–Crippen LogP) is 0.911. The number of ether oxygens (including phenoxy) is 6. The number of Topliss-reactive ketones (excluding diaryl/α,β-unsaturated/α-hetero) is 1. The summed E-state index contributed by atoms with van der Waals surface area (Å²) < 4.78 is 36.3. The first-order valence-electron chi connectivity index (χ1n) is 24.0. The third-order valence-corrected chi connectivity index (χ3v) is 19.2. The maximum Gasteiger partial charge on any atom is 0.335 e. The first-order chi connectivity index (χ1) is 30.6. The molecule has 3 aliphatic heterocycles. The summed E-state index contributed by atoms with van der Waals surface area (Å²) in [4.78, 5) is 26.9. The van der Waals surface area contributed by atoms with Crippen LogP contribution in [-0.2, 0) is 38.0 Å². The zero-order valence-corrected chi connectivity index (χ0v) is 39.7. The van der Waals surface area contributed by atoms with E-state index in [1.165, 1.54) is 12.5 Å². The summed E-state index contributed by atoms with van der Waals surface area (Å²) in [6, 6.07) is 0. The monoisotopic (exact) mass is 941 g/mol. The molecule has 4 saturated carbocycles. The van der Waals surface area contributed by atoms with Crippen LogP contribution in [0.3, 0.4) is 0 Å². The number of aliphatic hydroxyl groups excluding tert-OH is 9. The van der Waals surface area contributed by atoms with Gasteiger partial charge in [0, 0.05) is 11.8 Å². The van der Waals surface area contributed by atoms with E-state index in [1.807, 2.05) is 6.92 Å². The van der Waals surface area contributed by atoms with Crippen LogP contribution in [0.1, 0.15) is 114 Å². The molecule has 24 unspecified atom stereocenters. The molecule has 5 aliphatic carbocycles. The number of rotatable bonds is 8. The standard InChI is InChI=1S/C48H76O18/c1-20-29(52)31(54)35(58)40(61-20)65-37-32(55)30(53)23(19-49)62-41(37)66-38-34(57)33(56)36(39(59)60)64-42(38)63-28-13-14-45(6)24(44(28,4)5)12-15-46(7)25(45)11-10-21-22-16-43(2,3)17-26(50)48(22,9)27(51)18-47(21,46)8/h10,20,22-26,28-38,40-42,49-50,52-58H,11-19H2,1-9H3,(H,59,60). The molecule has 0 spiro atoms. The SMILES string of the molecule is CC1OC(OC2C(OC3C(OC4CCC5(C)C(CCC6(C)C5CC=C5C7CC(C)(C)CC(O)C7(C)C(=O)CC56C)C4(C)C)OC(C(=O)O)C(O)C3O)OC(CO)C(O)C2O)C(O)C(O)C1O. The molecule has 0 aromatic carbocycles. The zero-order chi connectivity index (χ0) is 48.6. The van der Waals surface area contributed by atoms with Crippen molar-refractivity contribution >= 4 is 11.8 Å². The first-order valence-corrected chi connectivity index (χ1v) is 24.0. The van der Waals surface area contributed by atoms with E-state index in [9.17, 15) is 60.7 Å². The molecule has 0 amide bonds. The molecule has 3 heterocycles. The number of carbonyl (C=O) groups excluding carboxylic acids is 1. The summed E-state index contributed by atoms with van der Waals surface area (Å²) in [6.45, 7) is 18.1. The van der Waals surface area contributed by atoms with Crippen LogP contribution in [0.15, 0.2) is 11.6 Å². The normalized spacial score (nSPS) is 54.5. The van der Waals surface area contributed by atoms with Gasteiger partial charge in [0.25, 0.3) is 0 Å². The minimum Gasteiger partial charge on any atom is -0.479 e. The van der Waals surface area contributed by atoms with Crippen LogP contribution >= 0.6 is 0 Å². The Labute approximate surface area is 386 Å². The van der Waals surface area contributed by atoms with Crippen LogP contribution in [-0.4, -0.2) is 174 Å². The minimum atomic E-state index is -2.04. The van der Waals surface area contributed by atoms with E-state index >= 15 is 0 Å². The highest BCUT2D eigenvalue weighted by Crippen LogP contribution is 2.75. The van der Waals surface area contributed by atoms with Crippen molar-refractivity contribution in [3.05, 3.63) is 11.6 Å². The van der Waals surface area contributed by atoms with Gasteiger partial charge in [0.1, 0.15) is 66.8 Å². The van der Waals surface area contributed by atoms with Gasteiger partial charge in [0.15, 0.2) is 25.0 Å². The third kappa shape index (κ3) is 7.61. The van der Waals surface area contributed by atoms with Crippen LogP contribution < -0.4 is 0 Å². The molecule has 18 heteroatoms. The van der Waals surface area contributed by atoms with Gasteiger partial charge in [-0.25, -0.2) is 4.79 Å². The Morgan fingerprint density at radius 1 is 0.712 bits per heavy atom. The van der Waals surface area contributed by atoms with Gasteiger partial charge in [-0.1, -0.05) is 60.1 Å². The number of fused-ring (bicyclic) bond motifs is 7. The van der Waals surface area contributed by atoms with Gasteiger partial charge >= 0.3 is 5.97 Å². The van der Waals surface area contributed by atoms with Crippen LogP contribution in [0.25, 0.3) is 0 Å². The van der Waals surface area contributed by atoms with Gasteiger partial charge in [0.2, 0.25) is 0 Å². The van der Waals surface area contributed by atoms with Crippen molar-refractivity contribution in [1.82, 2.24) is 0 Å². The van der Waals surface area contributed by atoms with Gasteiger partial charge in [0.05, 0.1) is 30.3 Å². The van der Waals surface area contributed by atoms with E-state index in [0.717, 1.165) is 25.7 Å². The molecule has 8 rings (SSSR count). The van der Waals surface area contributed by atoms with Crippen molar-refractivity contribution in [3.8, 4) is 0 Å². The number of hydrogen-bond donors (Lipinski definition) is 10. The van der Waals surface area contributed by atoms with Gasteiger partial charge in [-0.3, -0.25) is 4.79 Å². The van der Waals surface area contributed by atoms with E-state index in [0.29, 0.717) is 25.7 Å². The number of carboxylic acids is 1. The maximum atomic E-state index is 14.4. The van der Waals surface area contributed by atoms with Crippen LogP contribution in [0.2, 0.25) is 0 Å². The van der Waals surface area contributed by atoms with Crippen molar-refractivity contribution < 1.29 is 89.1 Å². The lowest BCUT2D eigenvalue weighted by atomic mass is 9.33. The molecule has 8 aliphatic rings. The number of carbonyl (C=O) groups is 2. The molecule has 24 atom stereocenters. The lowest BCUT2D eigenvalue weighted by molar-refractivity contribution is -0.395. The Balaban J connectivity index is 1.07. The highest BCUT2D eigenvalue weighted by atomic mass is 16.8. The fourth-order valence-corrected chi connectivity index (χ4v) is 14.9. The summed E-state index contributed by atoms with van der Waals surface area (Å²) in [5, 5.41) is 108. The number of aliphatic hydroxyl groups is 9. The molecule has 0 radical (unpaired) electrons. The average molecular weight is 941 g/mol. The number of allylic oxidation sites excluding steroid dienone is 2. The van der Waals surface area contributed by atoms with E-state index < -0.39 is 133 Å². The number of carboxylic acid groups (broad SMARTS) is 1. The molecular formula is C48H76O18. The zero-order valence-electron chi connectivity index (χ0n) is 39.7. The van der Waals surface area contributed by atoms with Crippen molar-refractivity contribution in [1.29, 1.82) is 0 Å². The van der Waals surface area contributed by atoms with Crippen molar-refractivity contribution in [2.75, 3.05) is 6.61 Å². The highest BCUT2D eigenvalue weighted by molar-refractivity contribution is 5.89. The Hall–Kier alpha value is -1.72. The van der Waals surface area contributed by atoms with Gasteiger partial charge in [-0.05, 0) is 98.2 Å². The predicted molar refractivity (Wildman–Crippen MR) is 230 cm³/mol. The molecule has 376 valence electrons. The number of hydrogen-bond acceptors (Lipinski definition) is 17. The highest BCUT2D eigenvalue weighted by Gasteiger charge is 2.71. The quantitative estimate of drug-likeness (QED) is 0.120. The molecule has 18 nitrogen and oxygen atoms in total. The van der Waals surface area contributed by atoms with Crippen LogP contribution in [0.4, 0.5) is 0 Å². The summed E-state index contributed by atoms with van der Waals surface area (Å²) in [5.41, 5.74) is -1.12. The molecule has 0 aromatic rings. The van der Waals surface area contributed by atoms with Crippen molar-refractivity contribution in [2.45, 2.75) is 218 Å². The summed E-state index contributed by atoms with van der Waals surface area (Å²) in [5.74, 6) is -1.24. The second-order valence-electron chi connectivity index (χ2n) is 23.6. The molecule has 66 heavy (non-hydrogen) atoms. The van der Waals surface area contributed by atoms with E-state index in [1.54, 1.807) is 0 Å². The minimum absolute atomic E-state index is 0.0537. The summed E-state index contributed by atoms with van der Waals surface area (Å²) >= 11 is 0. The first kappa shape index (κ1) is 50.7. The Morgan fingerprint density at radius 3 is 1.97 bits per heavy atom. The second kappa shape index (κ2) is 17.3. The Bertz CT molecular complexity index is 1880. The maximum absolute atomic E-state index is 14.4. The number of aliphatic carboxylic acids is 1.